The fourth-order valence-corrected chi connectivity index (χ4v) is 0. The Morgan fingerprint density at radius 1 is 2.00 bits per heavy atom. The Labute approximate surface area is 29.2 Å². The van der Waals surface area contributed by atoms with E-state index in [4.69, 9.17) is 5.11 Å². The third-order valence-electron chi connectivity index (χ3n) is 0.185. The van der Waals surface area contributed by atoms with E-state index in [-0.39, 0.29) is 0 Å². The van der Waals surface area contributed by atoms with E-state index < -0.39 is 6.54 Å². The number of alkyl halides is 1. The van der Waals surface area contributed by atoms with Crippen LogP contribution in [-0.2, 0) is 9.84 Å². The number of rotatable bonds is 1. The number of halogens is 1. The third-order valence-corrected chi connectivity index (χ3v) is 0.185. The number of methoxy groups -OCH3 is 1. The van der Waals surface area contributed by atoms with Crippen molar-refractivity contribution in [3.05, 3.63) is 0 Å². The highest BCUT2D eigenvalue weighted by Crippen LogP contribution is 1.79. The van der Waals surface area contributed by atoms with Crippen LogP contribution in [0.3, 0.4) is 0 Å². The van der Waals surface area contributed by atoms with E-state index in [9.17, 15) is 4.39 Å². The van der Waals surface area contributed by atoms with Crippen molar-refractivity contribution in [1.29, 1.82) is 0 Å². The van der Waals surface area contributed by atoms with Gasteiger partial charge in [-0.15, -0.1) is 0 Å². The minimum atomic E-state index is -2.37. The van der Waals surface area contributed by atoms with Gasteiger partial charge in [0, 0.05) is 7.11 Å². The van der Waals surface area contributed by atoms with Crippen molar-refractivity contribution in [1.82, 2.24) is 0 Å². The third kappa shape index (κ3) is 3.85. The molecular weight excluding hydrogens is 75.0 g/mol. The Morgan fingerprint density at radius 2 is 2.20 bits per heavy atom. The largest absolute Gasteiger partial charge is 0.337 e. The van der Waals surface area contributed by atoms with E-state index >= 15 is 0 Å². The molecule has 5 heavy (non-hydrogen) atoms. The molecule has 0 aliphatic rings. The summed E-state index contributed by atoms with van der Waals surface area (Å²) >= 11 is 0. The molecule has 0 aliphatic heterocycles. The molecule has 2 nitrogen and oxygen atoms in total. The molecule has 0 amide bonds. The zero-order valence-corrected chi connectivity index (χ0v) is 2.77. The molecule has 1 atom stereocenters. The van der Waals surface area contributed by atoms with Crippen molar-refractivity contribution in [2.75, 3.05) is 7.11 Å². The molecule has 0 heterocycles. The van der Waals surface area contributed by atoms with Gasteiger partial charge in [-0.2, -0.15) is 9.50 Å². The molecule has 0 aliphatic carbocycles. The van der Waals surface area contributed by atoms with Gasteiger partial charge < -0.3 is 4.74 Å². The summed E-state index contributed by atoms with van der Waals surface area (Å²) in [5, 5.41) is 9.01. The van der Waals surface area contributed by atoms with Crippen LogP contribution >= 0.6 is 0 Å². The Balaban J connectivity index is 2.54. The van der Waals surface area contributed by atoms with E-state index in [0.717, 1.165) is 7.11 Å². The average molecular weight is 79.1 g/mol. The first-order chi connectivity index (χ1) is 2.27. The average Bonchev–Trinajstić information content (AvgIpc) is 1.38. The van der Waals surface area contributed by atoms with Gasteiger partial charge in [-0.3, -0.25) is 0 Å². The molecule has 31 valence electrons. The molecule has 0 spiro atoms. The van der Waals surface area contributed by atoms with Crippen LogP contribution < -0.4 is 0 Å². The lowest BCUT2D eigenvalue weighted by atomic mass is 11.3. The summed E-state index contributed by atoms with van der Waals surface area (Å²) in [5.74, 6) is 0. The van der Waals surface area contributed by atoms with E-state index in [1.165, 1.54) is 0 Å². The number of ether oxygens (including phenoxy) is 1. The standard InChI is InChI=1S/C2H4FO2/c1-5-2(3)4/h2H,1H3. The van der Waals surface area contributed by atoms with Gasteiger partial charge in [0.2, 0.25) is 0 Å². The van der Waals surface area contributed by atoms with Crippen LogP contribution in [0.25, 0.3) is 0 Å². The van der Waals surface area contributed by atoms with E-state index in [2.05, 4.69) is 4.74 Å². The minimum absolute atomic E-state index is 1.01. The van der Waals surface area contributed by atoms with Crippen LogP contribution in [0.15, 0.2) is 0 Å². The monoisotopic (exact) mass is 79.0 g/mol. The second kappa shape index (κ2) is 2.11. The second-order valence-electron chi connectivity index (χ2n) is 0.510. The van der Waals surface area contributed by atoms with Gasteiger partial charge in [-0.1, -0.05) is 0 Å². The van der Waals surface area contributed by atoms with Gasteiger partial charge in [0.05, 0.1) is 0 Å². The van der Waals surface area contributed by atoms with Crippen LogP contribution in [0.2, 0.25) is 0 Å². The van der Waals surface area contributed by atoms with Crippen molar-refractivity contribution < 1.29 is 14.2 Å². The SMILES string of the molecule is COC([O])F. The smallest absolute Gasteiger partial charge is 0.328 e. The van der Waals surface area contributed by atoms with Gasteiger partial charge in [-0.05, 0) is 0 Å². The first-order valence-electron chi connectivity index (χ1n) is 1.10. The van der Waals surface area contributed by atoms with Crippen molar-refractivity contribution in [2.24, 2.45) is 0 Å². The van der Waals surface area contributed by atoms with Crippen molar-refractivity contribution in [3.8, 4) is 0 Å². The Kier molecular flexibility index (Phi) is 2.05. The molecule has 1 radical (unpaired) electrons. The van der Waals surface area contributed by atoms with E-state index in [0.29, 0.717) is 0 Å². The van der Waals surface area contributed by atoms with Gasteiger partial charge in [-0.25, -0.2) is 0 Å². The molecule has 0 aromatic heterocycles. The highest BCUT2D eigenvalue weighted by Gasteiger charge is 1.90. The summed E-state index contributed by atoms with van der Waals surface area (Å²) in [6.45, 7) is -2.37. The quantitative estimate of drug-likeness (QED) is 0.416. The predicted molar refractivity (Wildman–Crippen MR) is 12.6 cm³/mol. The second-order valence-corrected chi connectivity index (χ2v) is 0.510. The maximum atomic E-state index is 10.7. The van der Waals surface area contributed by atoms with Crippen molar-refractivity contribution in [2.45, 2.75) is 6.54 Å². The van der Waals surface area contributed by atoms with Crippen LogP contribution in [0.4, 0.5) is 4.39 Å². The fourth-order valence-electron chi connectivity index (χ4n) is 0. The molecule has 0 bridgehead atoms. The van der Waals surface area contributed by atoms with E-state index in [1.54, 1.807) is 0 Å². The Hall–Kier alpha value is -0.150. The summed E-state index contributed by atoms with van der Waals surface area (Å²) in [6.07, 6.45) is 0. The van der Waals surface area contributed by atoms with Gasteiger partial charge in [0.15, 0.2) is 0 Å². The Bertz CT molecular complexity index is 21.6. The normalized spacial score (nSPS) is 15.0. The van der Waals surface area contributed by atoms with Crippen LogP contribution in [0, 0.1) is 0 Å². The zero-order valence-electron chi connectivity index (χ0n) is 2.77. The molecule has 0 rings (SSSR count). The molecule has 0 saturated carbocycles. The molecule has 0 fully saturated rings. The molecule has 1 unspecified atom stereocenters. The maximum absolute atomic E-state index is 10.7. The summed E-state index contributed by atoms with van der Waals surface area (Å²) in [5.41, 5.74) is 0. The minimum Gasteiger partial charge on any atom is -0.328 e. The fraction of sp³-hybridized carbons (Fsp3) is 1.00. The molecule has 0 saturated heterocycles. The number of hydrogen-bond donors (Lipinski definition) is 0. The molecule has 0 N–H and O–H groups in total. The molecular formula is C2H4FO2. The first kappa shape index (κ1) is 4.85. The number of hydrogen-bond acceptors (Lipinski definition) is 1. The van der Waals surface area contributed by atoms with Gasteiger partial charge in [0.25, 0.3) is 0 Å². The van der Waals surface area contributed by atoms with Crippen molar-refractivity contribution in [3.63, 3.8) is 0 Å². The summed E-state index contributed by atoms with van der Waals surface area (Å²) in [7, 11) is 1.01. The first-order valence-corrected chi connectivity index (χ1v) is 1.10. The highest BCUT2D eigenvalue weighted by molar-refractivity contribution is 3.91. The van der Waals surface area contributed by atoms with E-state index in [1.807, 2.05) is 0 Å². The zero-order chi connectivity index (χ0) is 4.28. The van der Waals surface area contributed by atoms with Crippen LogP contribution in [0.1, 0.15) is 0 Å². The van der Waals surface area contributed by atoms with Crippen molar-refractivity contribution >= 4 is 0 Å². The molecule has 3 heteroatoms. The highest BCUT2D eigenvalue weighted by atomic mass is 19.2. The van der Waals surface area contributed by atoms with Crippen LogP contribution in [-0.4, -0.2) is 13.7 Å². The van der Waals surface area contributed by atoms with Gasteiger partial charge in [0.1, 0.15) is 0 Å². The lowest BCUT2D eigenvalue weighted by Gasteiger charge is -1.85. The lowest BCUT2D eigenvalue weighted by Crippen LogP contribution is -1.94. The Morgan fingerprint density at radius 3 is 2.20 bits per heavy atom. The summed E-state index contributed by atoms with van der Waals surface area (Å²) < 4.78 is 14.2. The summed E-state index contributed by atoms with van der Waals surface area (Å²) in [6, 6.07) is 0. The maximum Gasteiger partial charge on any atom is 0.337 e. The molecule has 0 aromatic rings. The molecule has 0 aromatic carbocycles. The predicted octanol–water partition coefficient (Wildman–Crippen LogP) is 0.316. The topological polar surface area (TPSA) is 29.1 Å². The summed E-state index contributed by atoms with van der Waals surface area (Å²) in [4.78, 5) is 0. The lowest BCUT2D eigenvalue weighted by molar-refractivity contribution is -0.203. The van der Waals surface area contributed by atoms with Gasteiger partial charge >= 0.3 is 6.54 Å². The van der Waals surface area contributed by atoms with Crippen LogP contribution in [0.5, 0.6) is 0 Å².